The molecule has 0 saturated carbocycles. The van der Waals surface area contributed by atoms with Crippen LogP contribution in [0.4, 0.5) is 0 Å². The van der Waals surface area contributed by atoms with Gasteiger partial charge in [-0.3, -0.25) is 9.59 Å². The van der Waals surface area contributed by atoms with Gasteiger partial charge in [-0.05, 0) is 54.1 Å². The Labute approximate surface area is 174 Å². The molecule has 0 radical (unpaired) electrons. The fourth-order valence-corrected chi connectivity index (χ4v) is 3.57. The molecule has 1 aliphatic heterocycles. The maximum Gasteiger partial charge on any atom is 0.313 e. The smallest absolute Gasteiger partial charge is 0.313 e. The van der Waals surface area contributed by atoms with Crippen molar-refractivity contribution in [2.75, 3.05) is 26.5 Å². The molecule has 0 spiro atoms. The second-order valence-electron chi connectivity index (χ2n) is 6.67. The summed E-state index contributed by atoms with van der Waals surface area (Å²) in [7, 11) is 1.70. The van der Waals surface area contributed by atoms with Gasteiger partial charge in [0.05, 0.1) is 5.92 Å². The van der Waals surface area contributed by atoms with E-state index in [4.69, 9.17) is 21.1 Å². The fraction of sp³-hybridized carbons (Fsp3) is 0.333. The van der Waals surface area contributed by atoms with Gasteiger partial charge in [-0.1, -0.05) is 23.7 Å². The summed E-state index contributed by atoms with van der Waals surface area (Å²) >= 11 is 7.67. The van der Waals surface area contributed by atoms with Crippen molar-refractivity contribution in [1.82, 2.24) is 4.90 Å². The summed E-state index contributed by atoms with van der Waals surface area (Å²) in [6.45, 7) is 0.417. The van der Waals surface area contributed by atoms with Crippen molar-refractivity contribution in [3.63, 3.8) is 0 Å². The molecule has 0 fully saturated rings. The second-order valence-corrected chi connectivity index (χ2v) is 7.99. The van der Waals surface area contributed by atoms with Gasteiger partial charge in [0, 0.05) is 23.5 Å². The lowest BCUT2D eigenvalue weighted by Crippen LogP contribution is -2.34. The van der Waals surface area contributed by atoms with E-state index in [1.165, 1.54) is 4.90 Å². The molecular formula is C21H22ClNO4S. The third-order valence-electron chi connectivity index (χ3n) is 4.60. The molecule has 7 heteroatoms. The van der Waals surface area contributed by atoms with Crippen molar-refractivity contribution in [3.8, 4) is 5.75 Å². The largest absolute Gasteiger partial charge is 0.492 e. The zero-order valence-corrected chi connectivity index (χ0v) is 17.4. The molecule has 1 atom stereocenters. The number of thioether (sulfide) groups is 1. The van der Waals surface area contributed by atoms with Gasteiger partial charge in [0.1, 0.15) is 12.4 Å². The van der Waals surface area contributed by atoms with E-state index in [-0.39, 0.29) is 19.1 Å². The van der Waals surface area contributed by atoms with Gasteiger partial charge in [0.15, 0.2) is 6.61 Å². The number of ether oxygens (including phenoxy) is 2. The molecule has 2 aromatic rings. The summed E-state index contributed by atoms with van der Waals surface area (Å²) in [5.74, 6) is -0.390. The Kier molecular flexibility index (Phi) is 6.86. The van der Waals surface area contributed by atoms with Crippen LogP contribution in [0.2, 0.25) is 5.02 Å². The zero-order valence-electron chi connectivity index (χ0n) is 15.8. The van der Waals surface area contributed by atoms with Crippen molar-refractivity contribution in [1.29, 1.82) is 0 Å². The van der Waals surface area contributed by atoms with E-state index in [9.17, 15) is 9.59 Å². The van der Waals surface area contributed by atoms with Gasteiger partial charge < -0.3 is 14.4 Å². The monoisotopic (exact) mass is 419 g/mol. The van der Waals surface area contributed by atoms with E-state index < -0.39 is 11.9 Å². The lowest BCUT2D eigenvalue weighted by atomic mass is 9.97. The Balaban J connectivity index is 1.49. The number of amides is 1. The lowest BCUT2D eigenvalue weighted by Gasteiger charge is -2.24. The Hall–Kier alpha value is -2.18. The van der Waals surface area contributed by atoms with Crippen LogP contribution in [0.5, 0.6) is 5.75 Å². The van der Waals surface area contributed by atoms with Crippen LogP contribution in [0.3, 0.4) is 0 Å². The number of esters is 1. The Morgan fingerprint density at radius 1 is 1.25 bits per heavy atom. The van der Waals surface area contributed by atoms with Crippen LogP contribution < -0.4 is 4.74 Å². The fourth-order valence-electron chi connectivity index (χ4n) is 2.97. The molecule has 2 aromatic carbocycles. The average molecular weight is 420 g/mol. The van der Waals surface area contributed by atoms with Gasteiger partial charge in [0.2, 0.25) is 0 Å². The molecule has 0 bridgehead atoms. The number of fused-ring (bicyclic) bond motifs is 1. The highest BCUT2D eigenvalue weighted by Gasteiger charge is 2.28. The van der Waals surface area contributed by atoms with Crippen LogP contribution >= 0.6 is 23.4 Å². The van der Waals surface area contributed by atoms with Crippen molar-refractivity contribution < 1.29 is 19.1 Å². The van der Waals surface area contributed by atoms with Gasteiger partial charge in [0.25, 0.3) is 5.91 Å². The van der Waals surface area contributed by atoms with Crippen LogP contribution in [0.25, 0.3) is 0 Å². The third kappa shape index (κ3) is 5.20. The van der Waals surface area contributed by atoms with E-state index in [0.717, 1.165) is 16.9 Å². The van der Waals surface area contributed by atoms with Crippen LogP contribution in [0.1, 0.15) is 11.1 Å². The summed E-state index contributed by atoms with van der Waals surface area (Å²) in [6.07, 6.45) is 2.50. The third-order valence-corrected chi connectivity index (χ3v) is 5.58. The number of carbonyl (C=O) groups is 2. The summed E-state index contributed by atoms with van der Waals surface area (Å²) in [5.41, 5.74) is 1.90. The Bertz CT molecular complexity index is 856. The predicted octanol–water partition coefficient (Wildman–Crippen LogP) is 3.81. The number of hydrogen-bond acceptors (Lipinski definition) is 5. The van der Waals surface area contributed by atoms with Crippen molar-refractivity contribution >= 4 is 35.2 Å². The summed E-state index contributed by atoms with van der Waals surface area (Å²) in [5, 5.41) is 0.596. The van der Waals surface area contributed by atoms with E-state index >= 15 is 0 Å². The number of nitrogens with zero attached hydrogens (tertiary/aromatic N) is 1. The first kappa shape index (κ1) is 20.6. The molecule has 0 aliphatic carbocycles. The number of carbonyl (C=O) groups excluding carboxylic acids is 2. The number of benzene rings is 2. The molecule has 1 amide bonds. The zero-order chi connectivity index (χ0) is 20.1. The van der Waals surface area contributed by atoms with E-state index in [0.29, 0.717) is 18.0 Å². The van der Waals surface area contributed by atoms with Gasteiger partial charge in [-0.25, -0.2) is 0 Å². The van der Waals surface area contributed by atoms with E-state index in [1.54, 1.807) is 41.9 Å². The molecular weight excluding hydrogens is 398 g/mol. The van der Waals surface area contributed by atoms with Gasteiger partial charge >= 0.3 is 5.97 Å². The van der Waals surface area contributed by atoms with Crippen LogP contribution in [0.15, 0.2) is 47.4 Å². The summed E-state index contributed by atoms with van der Waals surface area (Å²) in [6, 6.07) is 13.4. The van der Waals surface area contributed by atoms with Crippen molar-refractivity contribution in [2.45, 2.75) is 17.9 Å². The molecule has 0 aromatic heterocycles. The Morgan fingerprint density at radius 3 is 2.71 bits per heavy atom. The molecule has 3 rings (SSSR count). The van der Waals surface area contributed by atoms with Crippen LogP contribution in [0, 0.1) is 5.92 Å². The highest BCUT2D eigenvalue weighted by atomic mass is 35.5. The number of likely N-dealkylation sites (N-methyl/N-ethyl adjacent to an activating group) is 1. The highest BCUT2D eigenvalue weighted by molar-refractivity contribution is 7.98. The van der Waals surface area contributed by atoms with Gasteiger partial charge in [-0.15, -0.1) is 11.8 Å². The number of halogens is 1. The average Bonchev–Trinajstić information content (AvgIpc) is 2.71. The molecule has 1 heterocycles. The molecule has 5 nitrogen and oxygen atoms in total. The Morgan fingerprint density at radius 2 is 2.00 bits per heavy atom. The molecule has 0 N–H and O–H groups in total. The standard InChI is InChI=1S/C21H22ClNO4S/c1-23(11-14-3-6-18(28-2)7-4-14)20(24)13-27-21(25)16-9-15-10-17(22)5-8-19(15)26-12-16/h3-8,10,16H,9,11-13H2,1-2H3/t16-/m1/s1. The van der Waals surface area contributed by atoms with Crippen LogP contribution in [-0.2, 0) is 27.3 Å². The maximum absolute atomic E-state index is 12.3. The van der Waals surface area contributed by atoms with Crippen molar-refractivity contribution in [2.24, 2.45) is 5.92 Å². The first-order valence-corrected chi connectivity index (χ1v) is 10.5. The number of hydrogen-bond donors (Lipinski definition) is 0. The summed E-state index contributed by atoms with van der Waals surface area (Å²) < 4.78 is 10.8. The SMILES string of the molecule is CSc1ccc(CN(C)C(=O)COC(=O)[C@H]2COc3ccc(Cl)cc3C2)cc1. The molecule has 0 saturated heterocycles. The predicted molar refractivity (Wildman–Crippen MR) is 110 cm³/mol. The topological polar surface area (TPSA) is 55.8 Å². The molecule has 148 valence electrons. The second kappa shape index (κ2) is 9.34. The van der Waals surface area contributed by atoms with Gasteiger partial charge in [-0.2, -0.15) is 0 Å². The minimum atomic E-state index is -0.442. The first-order valence-electron chi connectivity index (χ1n) is 8.91. The molecule has 28 heavy (non-hydrogen) atoms. The quantitative estimate of drug-likeness (QED) is 0.526. The lowest BCUT2D eigenvalue weighted by molar-refractivity contribution is -0.156. The minimum Gasteiger partial charge on any atom is -0.492 e. The van der Waals surface area contributed by atoms with E-state index in [1.807, 2.05) is 30.5 Å². The minimum absolute atomic E-state index is 0.235. The first-order chi connectivity index (χ1) is 13.5. The molecule has 1 aliphatic rings. The highest BCUT2D eigenvalue weighted by Crippen LogP contribution is 2.30. The maximum atomic E-state index is 12.3. The normalized spacial score (nSPS) is 15.3. The van der Waals surface area contributed by atoms with E-state index in [2.05, 4.69) is 0 Å². The van der Waals surface area contributed by atoms with Crippen molar-refractivity contribution in [3.05, 3.63) is 58.6 Å². The van der Waals surface area contributed by atoms with Crippen LogP contribution in [-0.4, -0.2) is 43.3 Å². The molecule has 0 unspecified atom stereocenters. The summed E-state index contributed by atoms with van der Waals surface area (Å²) in [4.78, 5) is 27.4. The number of rotatable bonds is 6.